The molecule has 7 aliphatic heterocycles. The van der Waals surface area contributed by atoms with E-state index in [4.69, 9.17) is 19.4 Å². The van der Waals surface area contributed by atoms with Crippen molar-refractivity contribution in [1.29, 1.82) is 0 Å². The molecule has 15 rings (SSSR count). The number of carbonyl (C=O) groups is 2. The molecule has 124 heavy (non-hydrogen) atoms. The van der Waals surface area contributed by atoms with Crippen LogP contribution in [0.4, 0.5) is 66.7 Å². The summed E-state index contributed by atoms with van der Waals surface area (Å²) < 4.78 is 14.1. The number of nitro groups is 3. The van der Waals surface area contributed by atoms with Gasteiger partial charge in [-0.25, -0.2) is 28.9 Å². The highest BCUT2D eigenvalue weighted by molar-refractivity contribution is 5.77. The molecule has 1 atom stereocenters. The Morgan fingerprint density at radius 1 is 0.476 bits per heavy atom. The summed E-state index contributed by atoms with van der Waals surface area (Å²) in [6.07, 6.45) is 16.4. The number of fused-ring (bicyclic) bond motifs is 6. The Bertz CT molecular complexity index is 4790. The van der Waals surface area contributed by atoms with Crippen molar-refractivity contribution >= 4 is 80.4 Å². The van der Waals surface area contributed by atoms with Crippen LogP contribution in [0.1, 0.15) is 130 Å². The van der Waals surface area contributed by atoms with E-state index in [1.807, 2.05) is 113 Å². The molecule has 32 heteroatoms. The van der Waals surface area contributed by atoms with Crippen LogP contribution in [0.15, 0.2) is 163 Å². The maximum atomic E-state index is 13.4. The molecule has 2 bridgehead atoms. The second-order valence-electron chi connectivity index (χ2n) is 34.8. The Balaban J connectivity index is 0.000000164. The monoisotopic (exact) mass is 1710 g/mol. The summed E-state index contributed by atoms with van der Waals surface area (Å²) in [6, 6.07) is 42.8. The predicted octanol–water partition coefficient (Wildman–Crippen LogP) is 14.5. The summed E-state index contributed by atoms with van der Waals surface area (Å²) in [5, 5.41) is 49.9. The summed E-state index contributed by atoms with van der Waals surface area (Å²) in [4.78, 5) is 104. The lowest BCUT2D eigenvalue weighted by atomic mass is 9.95. The first-order valence-electron chi connectivity index (χ1n) is 43.8. The predicted molar refractivity (Wildman–Crippen MR) is 493 cm³/mol. The van der Waals surface area contributed by atoms with E-state index in [1.54, 1.807) is 63.8 Å². The number of carbonyl (C=O) groups excluding carboxylic acids is 2. The lowest BCUT2D eigenvalue weighted by Gasteiger charge is -2.26. The molecular weight excluding hydrogens is 1580 g/mol. The van der Waals surface area contributed by atoms with Crippen molar-refractivity contribution in [2.75, 3.05) is 195 Å². The molecule has 3 N–H and O–H groups in total. The number of aromatic nitrogens is 5. The van der Waals surface area contributed by atoms with Crippen molar-refractivity contribution in [1.82, 2.24) is 54.1 Å². The van der Waals surface area contributed by atoms with Crippen LogP contribution < -0.4 is 40.7 Å². The van der Waals surface area contributed by atoms with Crippen LogP contribution in [0, 0.1) is 37.3 Å². The molecule has 6 fully saturated rings. The normalized spacial score (nSPS) is 18.7. The number of nitro benzene ring substituents is 3. The molecule has 6 saturated heterocycles. The highest BCUT2D eigenvalue weighted by Gasteiger charge is 2.30. The fraction of sp³-hybridized carbons (Fsp3) is 0.522. The number of non-ortho nitro benzene ring substituents is 3. The molecule has 0 radical (unpaired) electrons. The van der Waals surface area contributed by atoms with Gasteiger partial charge >= 0.3 is 12.2 Å². The fourth-order valence-electron chi connectivity index (χ4n) is 15.4. The van der Waals surface area contributed by atoms with Gasteiger partial charge in [-0.2, -0.15) is 4.98 Å². The summed E-state index contributed by atoms with van der Waals surface area (Å²) in [7, 11) is 6.50. The Labute approximate surface area is 729 Å². The first kappa shape index (κ1) is 94.9. The zero-order valence-electron chi connectivity index (χ0n) is 74.5. The van der Waals surface area contributed by atoms with Gasteiger partial charge in [-0.15, -0.1) is 0 Å². The third-order valence-electron chi connectivity index (χ3n) is 22.5. The second kappa shape index (κ2) is 45.9. The lowest BCUT2D eigenvalue weighted by Crippen LogP contribution is -2.39. The van der Waals surface area contributed by atoms with Crippen LogP contribution >= 0.6 is 0 Å². The van der Waals surface area contributed by atoms with Gasteiger partial charge in [0.25, 0.3) is 22.6 Å². The lowest BCUT2D eigenvalue weighted by molar-refractivity contribution is -0.385. The number of benzene rings is 5. The average molecular weight is 1710 g/mol. The number of nitrogens with zero attached hydrogens (tertiary/aromatic N) is 18. The molecule has 0 saturated carbocycles. The van der Waals surface area contributed by atoms with Crippen molar-refractivity contribution in [3.8, 4) is 5.82 Å². The van der Waals surface area contributed by atoms with Gasteiger partial charge in [-0.1, -0.05) is 48.8 Å². The SMILES string of the molecule is CC(C)(C)OC(=O)N1CCCCCC1.CC(C)(C)OC(=O)N1CCCN(c2ccc([N+](=O)[O-])cc2)CC1.CN1CCCN(c2ccc(Nc3ncc4c(=O)n5n(c4n3)-c3cccc(n3)C(C)(O)CC/C=C\C5)cc2)CC1.CN1CCCN(c2ccc([N+](=O)[O-])cc2)CC1.Cc1ccc(N2CCCN(C)CC2)cc1.O=[N+]([O-])c1ccc(N2CCCNCC2)cc1. The fourth-order valence-corrected chi connectivity index (χ4v) is 15.4. The van der Waals surface area contributed by atoms with Gasteiger partial charge in [0.15, 0.2) is 11.5 Å². The quantitative estimate of drug-likeness (QED) is 0.0650. The summed E-state index contributed by atoms with van der Waals surface area (Å²) >= 11 is 0. The number of likely N-dealkylation sites (tertiary alicyclic amines) is 1. The highest BCUT2D eigenvalue weighted by Crippen LogP contribution is 2.30. The van der Waals surface area contributed by atoms with Crippen molar-refractivity contribution < 1.29 is 38.9 Å². The molecule has 0 spiro atoms. The minimum atomic E-state index is -1.09. The molecule has 5 aromatic carbocycles. The number of amides is 2. The third-order valence-corrected chi connectivity index (χ3v) is 22.5. The van der Waals surface area contributed by atoms with Crippen LogP contribution in [0.25, 0.3) is 16.9 Å². The number of rotatable bonds is 10. The Morgan fingerprint density at radius 3 is 1.35 bits per heavy atom. The summed E-state index contributed by atoms with van der Waals surface area (Å²) in [5.41, 5.74) is 7.10. The Hall–Kier alpha value is -11.3. The van der Waals surface area contributed by atoms with E-state index in [2.05, 4.69) is 119 Å². The topological polar surface area (TPSA) is 324 Å². The van der Waals surface area contributed by atoms with Crippen LogP contribution in [0.2, 0.25) is 0 Å². The number of pyridine rings is 1. The molecule has 3 aromatic heterocycles. The molecule has 670 valence electrons. The molecule has 1 unspecified atom stereocenters. The maximum absolute atomic E-state index is 13.4. The number of ether oxygens (including phenoxy) is 2. The number of nitrogens with one attached hydrogen (secondary N) is 2. The number of hydrogen-bond donors (Lipinski definition) is 3. The second-order valence-corrected chi connectivity index (χ2v) is 34.8. The van der Waals surface area contributed by atoms with Gasteiger partial charge in [-0.3, -0.25) is 35.1 Å². The number of aliphatic hydroxyl groups is 1. The van der Waals surface area contributed by atoms with Crippen LogP contribution in [0.3, 0.4) is 0 Å². The minimum absolute atomic E-state index is 0.0824. The molecule has 0 aliphatic carbocycles. The smallest absolute Gasteiger partial charge is 0.410 e. The molecule has 2 amide bonds. The summed E-state index contributed by atoms with van der Waals surface area (Å²) in [5.74, 6) is 0.910. The molecule has 8 aromatic rings. The number of likely N-dealkylation sites (N-methyl/N-ethyl adjacent to an activating group) is 3. The van der Waals surface area contributed by atoms with Crippen LogP contribution in [0.5, 0.6) is 0 Å². The van der Waals surface area contributed by atoms with Gasteiger partial charge in [0.1, 0.15) is 22.2 Å². The van der Waals surface area contributed by atoms with E-state index in [0.29, 0.717) is 67.5 Å². The van der Waals surface area contributed by atoms with Crippen LogP contribution in [-0.2, 0) is 21.6 Å². The zero-order chi connectivity index (χ0) is 88.9. The van der Waals surface area contributed by atoms with Crippen LogP contribution in [-0.4, -0.2) is 257 Å². The first-order chi connectivity index (χ1) is 59.3. The largest absolute Gasteiger partial charge is 0.444 e. The Morgan fingerprint density at radius 2 is 0.887 bits per heavy atom. The number of hydrogen-bond acceptors (Lipinski definition) is 25. The Kier molecular flexibility index (Phi) is 35.1. The maximum Gasteiger partial charge on any atom is 0.410 e. The highest BCUT2D eigenvalue weighted by atomic mass is 16.6. The first-order valence-corrected chi connectivity index (χ1v) is 43.8. The van der Waals surface area contributed by atoms with Crippen molar-refractivity contribution in [2.24, 2.45) is 0 Å². The van der Waals surface area contributed by atoms with Crippen molar-refractivity contribution in [3.05, 3.63) is 210 Å². The van der Waals surface area contributed by atoms with E-state index in [1.165, 1.54) is 68.0 Å². The van der Waals surface area contributed by atoms with Gasteiger partial charge in [-0.05, 0) is 245 Å². The molecule has 32 nitrogen and oxygen atoms in total. The van der Waals surface area contributed by atoms with Gasteiger partial charge in [0, 0.05) is 195 Å². The molecule has 7 aliphatic rings. The molecular formula is C92H130N20O12. The van der Waals surface area contributed by atoms with E-state index in [-0.39, 0.29) is 50.3 Å². The number of aryl methyl sites for hydroxylation is 1. The average Bonchev–Trinajstić information content (AvgIpc) is 1.59. The molecule has 10 heterocycles. The number of anilines is 7. The van der Waals surface area contributed by atoms with E-state index in [9.17, 15) is 49.8 Å². The van der Waals surface area contributed by atoms with E-state index >= 15 is 0 Å². The summed E-state index contributed by atoms with van der Waals surface area (Å²) in [6.45, 7) is 37.1. The van der Waals surface area contributed by atoms with E-state index in [0.717, 1.165) is 166 Å². The number of allylic oxidation sites excluding steroid dienone is 2. The third kappa shape index (κ3) is 29.4. The standard InChI is InChI=1S/C29H34N8O2.C16H23N3O4.C13H20N2.C12H17N3O2.C11H15N3O2.C11H21NO2/c1-29(39)14-4-3-5-17-36-27(38)23-20-30-28(33-26(23)37(36)25-9-6-8-24(29)32-25)31-21-10-12-22(13-11-21)35-16-7-15-34(2)18-19-35;1-16(2,3)23-15(20)18-10-4-9-17(11-12-18)13-5-7-14(8-6-13)19(21)22;1-12-4-6-13(7-5-12)15-9-3-8-14(2)10-11-15;1-13-7-2-8-14(10-9-13)11-3-5-12(6-4-11)15(16)17;15-14(16)11-4-2-10(3-5-11)13-8-1-6-12-7-9-13;1-11(2,3)14-10(13)12-8-6-4-5-7-9-12/h3,5-6,8-13,20,39H,4,7,14-19H2,1-2H3,(H,30,31,33);5-8H,4,9-12H2,1-3H3;4-7H,3,8-11H2,1-2H3;3-6H,2,7-10H2,1H3;2-5,12H,1,6-9H2;4-9H2,1-3H3/b5-3-;;;;;. The van der Waals surface area contributed by atoms with E-state index < -0.39 is 16.1 Å². The zero-order valence-corrected chi connectivity index (χ0v) is 74.5. The van der Waals surface area contributed by atoms with Crippen molar-refractivity contribution in [3.63, 3.8) is 0 Å². The van der Waals surface area contributed by atoms with Gasteiger partial charge < -0.3 is 74.2 Å². The van der Waals surface area contributed by atoms with Gasteiger partial charge in [0.2, 0.25) is 5.95 Å². The minimum Gasteiger partial charge on any atom is -0.444 e. The van der Waals surface area contributed by atoms with Crippen molar-refractivity contribution in [2.45, 2.75) is 149 Å². The van der Waals surface area contributed by atoms with Gasteiger partial charge in [0.05, 0.1) is 27.0 Å².